The van der Waals surface area contributed by atoms with E-state index < -0.39 is 5.41 Å². The fraction of sp³-hybridized carbons (Fsp3) is 0.0164. The Morgan fingerprint density at radius 3 is 1.25 bits per heavy atom. The number of rotatable bonds is 5. The van der Waals surface area contributed by atoms with Crippen LogP contribution in [0.3, 0.4) is 0 Å². The number of anilines is 3. The summed E-state index contributed by atoms with van der Waals surface area (Å²) in [6.45, 7) is 0. The summed E-state index contributed by atoms with van der Waals surface area (Å²) >= 11 is 0. The van der Waals surface area contributed by atoms with Crippen molar-refractivity contribution in [2.45, 2.75) is 5.41 Å². The van der Waals surface area contributed by atoms with E-state index in [0.29, 0.717) is 0 Å². The number of fused-ring (bicyclic) bond motifs is 12. The standard InChI is InChI=1S/C61H39NO/c1-3-17-40(18-4-1)45-21-7-9-23-47(45)42-31-35-57-55(37-42)61(53-28-14-11-25-49(53)50-26-12-15-29-54(50)61)56-38-43(48-24-10-8-22-46(48)41-19-5-2-6-20-41)32-36-58(56)62(57)44-33-34-52-51-27-13-16-30-59(51)63-60(52)39-44/h1-39H. The van der Waals surface area contributed by atoms with Crippen molar-refractivity contribution < 1.29 is 4.42 Å². The van der Waals surface area contributed by atoms with Gasteiger partial charge in [0.15, 0.2) is 0 Å². The molecule has 0 amide bonds. The van der Waals surface area contributed by atoms with E-state index in [1.807, 2.05) is 6.07 Å². The lowest BCUT2D eigenvalue weighted by atomic mass is 9.64. The van der Waals surface area contributed by atoms with Gasteiger partial charge in [-0.05, 0) is 120 Å². The van der Waals surface area contributed by atoms with Crippen LogP contribution in [0.15, 0.2) is 241 Å². The highest BCUT2D eigenvalue weighted by Crippen LogP contribution is 2.64. The summed E-state index contributed by atoms with van der Waals surface area (Å²) in [5, 5.41) is 2.24. The van der Waals surface area contributed by atoms with Crippen LogP contribution >= 0.6 is 0 Å². The van der Waals surface area contributed by atoms with Crippen LogP contribution in [-0.2, 0) is 5.41 Å². The van der Waals surface area contributed by atoms with E-state index in [1.165, 1.54) is 77.9 Å². The van der Waals surface area contributed by atoms with Gasteiger partial charge in [0.25, 0.3) is 0 Å². The van der Waals surface area contributed by atoms with Crippen LogP contribution < -0.4 is 4.90 Å². The van der Waals surface area contributed by atoms with Gasteiger partial charge in [0.2, 0.25) is 0 Å². The van der Waals surface area contributed by atoms with Crippen LogP contribution in [0.5, 0.6) is 0 Å². The van der Waals surface area contributed by atoms with Gasteiger partial charge in [-0.15, -0.1) is 0 Å². The lowest BCUT2D eigenvalue weighted by molar-refractivity contribution is 0.669. The second-order valence-electron chi connectivity index (χ2n) is 16.7. The molecule has 0 radical (unpaired) electrons. The fourth-order valence-corrected chi connectivity index (χ4v) is 10.8. The molecular weight excluding hydrogens is 763 g/mol. The Morgan fingerprint density at radius 1 is 0.286 bits per heavy atom. The van der Waals surface area contributed by atoms with Gasteiger partial charge in [0, 0.05) is 22.5 Å². The average molecular weight is 802 g/mol. The van der Waals surface area contributed by atoms with Crippen molar-refractivity contribution in [3.8, 4) is 55.6 Å². The van der Waals surface area contributed by atoms with Gasteiger partial charge in [-0.25, -0.2) is 0 Å². The van der Waals surface area contributed by atoms with Gasteiger partial charge in [0.1, 0.15) is 11.2 Å². The Hall–Kier alpha value is -8.20. The van der Waals surface area contributed by atoms with E-state index >= 15 is 0 Å². The number of benzene rings is 10. The Kier molecular flexibility index (Phi) is 7.85. The molecule has 10 aromatic carbocycles. The third kappa shape index (κ3) is 5.25. The zero-order valence-corrected chi connectivity index (χ0v) is 34.4. The highest BCUT2D eigenvalue weighted by molar-refractivity contribution is 6.07. The minimum absolute atomic E-state index is 0.646. The van der Waals surface area contributed by atoms with Gasteiger partial charge in [-0.1, -0.05) is 188 Å². The number of hydrogen-bond acceptors (Lipinski definition) is 2. The first-order valence-electron chi connectivity index (χ1n) is 21.8. The molecule has 2 heterocycles. The molecule has 2 nitrogen and oxygen atoms in total. The SMILES string of the molecule is c1ccc(-c2ccccc2-c2ccc3c(c2)C2(c4ccccc4-c4ccccc42)c2cc(-c4ccccc4-c4ccccc4)ccc2N3c2ccc3c(c2)oc2ccccc23)cc1. The van der Waals surface area contributed by atoms with Crippen molar-refractivity contribution in [3.05, 3.63) is 259 Å². The summed E-state index contributed by atoms with van der Waals surface area (Å²) in [6, 6.07) is 86.8. The second-order valence-corrected chi connectivity index (χ2v) is 16.7. The molecule has 2 aliphatic rings. The molecule has 1 spiro atoms. The maximum Gasteiger partial charge on any atom is 0.137 e. The van der Waals surface area contributed by atoms with Gasteiger partial charge in [-0.3, -0.25) is 0 Å². The maximum absolute atomic E-state index is 6.58. The summed E-state index contributed by atoms with van der Waals surface area (Å²) in [7, 11) is 0. The van der Waals surface area contributed by atoms with E-state index in [9.17, 15) is 0 Å². The molecule has 1 aromatic heterocycles. The molecule has 0 N–H and O–H groups in total. The first kappa shape index (κ1) is 35.5. The van der Waals surface area contributed by atoms with Gasteiger partial charge in [0.05, 0.1) is 16.8 Å². The maximum atomic E-state index is 6.58. The highest BCUT2D eigenvalue weighted by Gasteiger charge is 2.52. The largest absolute Gasteiger partial charge is 0.456 e. The van der Waals surface area contributed by atoms with Crippen LogP contribution in [0.4, 0.5) is 17.1 Å². The molecule has 0 saturated carbocycles. The van der Waals surface area contributed by atoms with Crippen molar-refractivity contribution in [1.82, 2.24) is 0 Å². The van der Waals surface area contributed by atoms with Crippen LogP contribution in [0.25, 0.3) is 77.6 Å². The smallest absolute Gasteiger partial charge is 0.137 e. The lowest BCUT2D eigenvalue weighted by Crippen LogP contribution is -2.36. The Bertz CT molecular complexity index is 3400. The molecule has 2 heteroatoms. The third-order valence-corrected chi connectivity index (χ3v) is 13.5. The molecule has 63 heavy (non-hydrogen) atoms. The molecule has 0 atom stereocenters. The summed E-state index contributed by atoms with van der Waals surface area (Å²) < 4.78 is 6.58. The average Bonchev–Trinajstić information content (AvgIpc) is 3.88. The summed E-state index contributed by atoms with van der Waals surface area (Å²) in [4.78, 5) is 2.48. The molecule has 1 aliphatic carbocycles. The summed E-state index contributed by atoms with van der Waals surface area (Å²) in [5.41, 5.74) is 21.6. The Morgan fingerprint density at radius 2 is 0.714 bits per heavy atom. The zero-order chi connectivity index (χ0) is 41.5. The third-order valence-electron chi connectivity index (χ3n) is 13.5. The fourth-order valence-electron chi connectivity index (χ4n) is 10.8. The molecule has 1 aliphatic heterocycles. The minimum Gasteiger partial charge on any atom is -0.456 e. The van der Waals surface area contributed by atoms with Crippen LogP contribution in [-0.4, -0.2) is 0 Å². The minimum atomic E-state index is -0.646. The Labute approximate surface area is 366 Å². The first-order chi connectivity index (χ1) is 31.3. The van der Waals surface area contributed by atoms with E-state index in [0.717, 1.165) is 39.0 Å². The molecule has 11 aromatic rings. The molecule has 13 rings (SSSR count). The van der Waals surface area contributed by atoms with Gasteiger partial charge >= 0.3 is 0 Å². The first-order valence-corrected chi connectivity index (χ1v) is 21.8. The van der Waals surface area contributed by atoms with E-state index in [4.69, 9.17) is 4.42 Å². The van der Waals surface area contributed by atoms with Gasteiger partial charge < -0.3 is 9.32 Å². The van der Waals surface area contributed by atoms with Crippen LogP contribution in [0, 0.1) is 0 Å². The Balaban J connectivity index is 1.15. The van der Waals surface area contributed by atoms with E-state index in [1.54, 1.807) is 0 Å². The summed E-state index contributed by atoms with van der Waals surface area (Å²) in [6.07, 6.45) is 0. The quantitative estimate of drug-likeness (QED) is 0.172. The van der Waals surface area contributed by atoms with Crippen molar-refractivity contribution in [3.63, 3.8) is 0 Å². The summed E-state index contributed by atoms with van der Waals surface area (Å²) in [5.74, 6) is 0. The van der Waals surface area contributed by atoms with E-state index in [2.05, 4.69) is 235 Å². The van der Waals surface area contributed by atoms with Gasteiger partial charge in [-0.2, -0.15) is 0 Å². The van der Waals surface area contributed by atoms with Crippen molar-refractivity contribution in [1.29, 1.82) is 0 Å². The number of nitrogens with zero attached hydrogens (tertiary/aromatic N) is 1. The monoisotopic (exact) mass is 801 g/mol. The molecule has 294 valence electrons. The highest BCUT2D eigenvalue weighted by atomic mass is 16.3. The predicted molar refractivity (Wildman–Crippen MR) is 261 cm³/mol. The zero-order valence-electron chi connectivity index (χ0n) is 34.4. The van der Waals surface area contributed by atoms with Crippen LogP contribution in [0.2, 0.25) is 0 Å². The molecule has 0 saturated heterocycles. The molecule has 0 bridgehead atoms. The van der Waals surface area contributed by atoms with Crippen LogP contribution in [0.1, 0.15) is 22.3 Å². The van der Waals surface area contributed by atoms with E-state index in [-0.39, 0.29) is 0 Å². The molecular formula is C61H39NO. The second kappa shape index (κ2) is 13.9. The number of hydrogen-bond donors (Lipinski definition) is 0. The molecule has 0 unspecified atom stereocenters. The number of para-hydroxylation sites is 1. The van der Waals surface area contributed by atoms with Crippen molar-refractivity contribution >= 4 is 39.0 Å². The normalized spacial score (nSPS) is 13.2. The predicted octanol–water partition coefficient (Wildman–Crippen LogP) is 16.4. The van der Waals surface area contributed by atoms with Crippen molar-refractivity contribution in [2.75, 3.05) is 4.90 Å². The lowest BCUT2D eigenvalue weighted by Gasteiger charge is -2.45. The topological polar surface area (TPSA) is 16.4 Å². The van der Waals surface area contributed by atoms with Crippen molar-refractivity contribution in [2.24, 2.45) is 0 Å². The number of furan rings is 1. The molecule has 0 fully saturated rings.